The Morgan fingerprint density at radius 2 is 2.26 bits per heavy atom. The molecule has 0 radical (unpaired) electrons. The zero-order chi connectivity index (χ0) is 13.2. The molecule has 2 N–H and O–H groups in total. The van der Waals surface area contributed by atoms with Gasteiger partial charge in [-0.1, -0.05) is 18.2 Å². The smallest absolute Gasteiger partial charge is 0.293 e. The molecule has 0 saturated carbocycles. The molecule has 3 aromatic rings. The molecule has 0 aliphatic rings. The van der Waals surface area contributed by atoms with Gasteiger partial charge < -0.3 is 9.73 Å². The van der Waals surface area contributed by atoms with Gasteiger partial charge in [0, 0.05) is 5.39 Å². The van der Waals surface area contributed by atoms with Gasteiger partial charge in [0.15, 0.2) is 0 Å². The molecular weight excluding hydrogens is 246 g/mol. The highest BCUT2D eigenvalue weighted by molar-refractivity contribution is 5.90. The van der Waals surface area contributed by atoms with E-state index in [0.717, 1.165) is 11.0 Å². The highest BCUT2D eigenvalue weighted by Crippen LogP contribution is 2.23. The van der Waals surface area contributed by atoms with Gasteiger partial charge in [0.1, 0.15) is 11.3 Å². The van der Waals surface area contributed by atoms with Crippen molar-refractivity contribution in [3.63, 3.8) is 0 Å². The van der Waals surface area contributed by atoms with Gasteiger partial charge in [0.2, 0.25) is 0 Å². The fourth-order valence-corrected chi connectivity index (χ4v) is 1.81. The minimum Gasteiger partial charge on any atom is -0.459 e. The van der Waals surface area contributed by atoms with Crippen molar-refractivity contribution in [1.29, 1.82) is 0 Å². The Morgan fingerprint density at radius 3 is 3.00 bits per heavy atom. The third-order valence-electron chi connectivity index (χ3n) is 2.77. The Labute approximate surface area is 108 Å². The molecule has 0 aliphatic carbocycles. The molecule has 3 rings (SSSR count). The lowest BCUT2D eigenvalue weighted by Crippen LogP contribution is -2.27. The third kappa shape index (κ3) is 2.17. The molecule has 96 valence electrons. The van der Waals surface area contributed by atoms with Crippen molar-refractivity contribution in [2.24, 2.45) is 0 Å². The number of carbonyl (C=O) groups is 1. The van der Waals surface area contributed by atoms with Gasteiger partial charge in [0.05, 0.1) is 6.04 Å². The molecule has 1 unspecified atom stereocenters. The van der Waals surface area contributed by atoms with Crippen molar-refractivity contribution in [3.05, 3.63) is 41.9 Å². The highest BCUT2D eigenvalue weighted by Gasteiger charge is 2.17. The van der Waals surface area contributed by atoms with Crippen molar-refractivity contribution in [1.82, 2.24) is 25.9 Å². The van der Waals surface area contributed by atoms with Crippen LogP contribution in [0, 0.1) is 0 Å². The number of H-pyrrole nitrogens is 1. The van der Waals surface area contributed by atoms with Crippen LogP contribution in [0.4, 0.5) is 0 Å². The van der Waals surface area contributed by atoms with Crippen LogP contribution in [0.2, 0.25) is 0 Å². The van der Waals surface area contributed by atoms with Gasteiger partial charge in [-0.25, -0.2) is 0 Å². The van der Waals surface area contributed by atoms with E-state index >= 15 is 0 Å². The minimum absolute atomic E-state index is 0.00274. The van der Waals surface area contributed by atoms with E-state index in [0.29, 0.717) is 5.76 Å². The summed E-state index contributed by atoms with van der Waals surface area (Å²) in [6.07, 6.45) is 0. The fraction of sp³-hybridized carbons (Fsp3) is 0.167. The van der Waals surface area contributed by atoms with Crippen LogP contribution in [0.1, 0.15) is 29.3 Å². The number of fused-ring (bicyclic) bond motifs is 1. The Bertz CT molecular complexity index is 671. The number of hydrogen-bond donors (Lipinski definition) is 2. The lowest BCUT2D eigenvalue weighted by molar-refractivity contribution is 0.0925. The number of carbonyl (C=O) groups excluding carboxylic acids is 1. The van der Waals surface area contributed by atoms with Crippen molar-refractivity contribution in [2.45, 2.75) is 13.0 Å². The first kappa shape index (κ1) is 11.4. The predicted octanol–water partition coefficient (Wildman–Crippen LogP) is 1.44. The molecule has 1 atom stereocenters. The first-order valence-electron chi connectivity index (χ1n) is 5.77. The topological polar surface area (TPSA) is 96.7 Å². The fourth-order valence-electron chi connectivity index (χ4n) is 1.81. The number of aromatic amines is 1. The Kier molecular flexibility index (Phi) is 2.71. The zero-order valence-electron chi connectivity index (χ0n) is 10.1. The van der Waals surface area contributed by atoms with Crippen LogP contribution in [-0.2, 0) is 0 Å². The lowest BCUT2D eigenvalue weighted by Gasteiger charge is -2.08. The number of amides is 1. The van der Waals surface area contributed by atoms with Crippen LogP contribution >= 0.6 is 0 Å². The van der Waals surface area contributed by atoms with Crippen LogP contribution in [0.15, 0.2) is 34.7 Å². The van der Waals surface area contributed by atoms with E-state index in [2.05, 4.69) is 25.9 Å². The largest absolute Gasteiger partial charge is 0.459 e. The number of furan rings is 1. The molecule has 0 bridgehead atoms. The van der Waals surface area contributed by atoms with Gasteiger partial charge >= 0.3 is 0 Å². The van der Waals surface area contributed by atoms with Crippen molar-refractivity contribution in [3.8, 4) is 0 Å². The molecule has 0 spiro atoms. The summed E-state index contributed by atoms with van der Waals surface area (Å²) >= 11 is 0. The Balaban J connectivity index is 1.80. The number of nitrogens with zero attached hydrogens (tertiary/aromatic N) is 3. The number of nitrogens with one attached hydrogen (secondary N) is 2. The predicted molar refractivity (Wildman–Crippen MR) is 66.3 cm³/mol. The number of para-hydroxylation sites is 1. The average molecular weight is 257 g/mol. The first-order chi connectivity index (χ1) is 9.24. The molecule has 7 heteroatoms. The molecule has 1 amide bonds. The van der Waals surface area contributed by atoms with E-state index in [9.17, 15) is 4.79 Å². The van der Waals surface area contributed by atoms with Crippen LogP contribution in [0.3, 0.4) is 0 Å². The second kappa shape index (κ2) is 4.52. The molecular formula is C12H11N5O2. The number of benzene rings is 1. The van der Waals surface area contributed by atoms with E-state index in [-0.39, 0.29) is 11.9 Å². The van der Waals surface area contributed by atoms with Crippen LogP contribution in [0.5, 0.6) is 0 Å². The second-order valence-electron chi connectivity index (χ2n) is 4.12. The average Bonchev–Trinajstić information content (AvgIpc) is 3.07. The van der Waals surface area contributed by atoms with Crippen molar-refractivity contribution < 1.29 is 9.21 Å². The summed E-state index contributed by atoms with van der Waals surface area (Å²) in [7, 11) is 0. The van der Waals surface area contributed by atoms with Gasteiger partial charge in [0.25, 0.3) is 11.7 Å². The number of aromatic nitrogens is 4. The monoisotopic (exact) mass is 257 g/mol. The summed E-state index contributed by atoms with van der Waals surface area (Å²) in [5.41, 5.74) is 0.790. The maximum Gasteiger partial charge on any atom is 0.293 e. The van der Waals surface area contributed by atoms with Gasteiger partial charge in [-0.3, -0.25) is 4.79 Å². The normalized spacial score (nSPS) is 12.5. The van der Waals surface area contributed by atoms with Gasteiger partial charge in [-0.15, -0.1) is 10.2 Å². The summed E-state index contributed by atoms with van der Waals surface area (Å²) in [6.45, 7) is 1.83. The zero-order valence-corrected chi connectivity index (χ0v) is 10.1. The third-order valence-corrected chi connectivity index (χ3v) is 2.77. The Hall–Kier alpha value is -2.70. The van der Waals surface area contributed by atoms with E-state index in [4.69, 9.17) is 4.42 Å². The van der Waals surface area contributed by atoms with Gasteiger partial charge in [-0.05, 0) is 24.3 Å². The quantitative estimate of drug-likeness (QED) is 0.740. The molecule has 19 heavy (non-hydrogen) atoms. The number of tetrazole rings is 1. The van der Waals surface area contributed by atoms with E-state index in [1.165, 1.54) is 0 Å². The van der Waals surface area contributed by atoms with Gasteiger partial charge in [-0.2, -0.15) is 5.21 Å². The Morgan fingerprint density at radius 1 is 1.42 bits per heavy atom. The SMILES string of the molecule is CC(NC(=O)c1nn[nH]n1)c1cc2ccccc2o1. The van der Waals surface area contributed by atoms with Crippen molar-refractivity contribution in [2.75, 3.05) is 0 Å². The lowest BCUT2D eigenvalue weighted by atomic mass is 10.2. The summed E-state index contributed by atoms with van der Waals surface area (Å²) in [6, 6.07) is 9.29. The molecule has 0 fully saturated rings. The maximum atomic E-state index is 11.8. The van der Waals surface area contributed by atoms with E-state index in [1.54, 1.807) is 0 Å². The van der Waals surface area contributed by atoms with Crippen LogP contribution in [-0.4, -0.2) is 26.5 Å². The first-order valence-corrected chi connectivity index (χ1v) is 5.77. The molecule has 2 heterocycles. The number of hydrogen-bond acceptors (Lipinski definition) is 5. The number of rotatable bonds is 3. The van der Waals surface area contributed by atoms with Crippen molar-refractivity contribution >= 4 is 16.9 Å². The standard InChI is InChI=1S/C12H11N5O2/c1-7(13-12(18)11-14-16-17-15-11)10-6-8-4-2-3-5-9(8)19-10/h2-7H,1H3,(H,13,18)(H,14,15,16,17). The maximum absolute atomic E-state index is 11.8. The van der Waals surface area contributed by atoms with E-state index in [1.807, 2.05) is 37.3 Å². The molecule has 0 aliphatic heterocycles. The molecule has 1 aromatic carbocycles. The summed E-state index contributed by atoms with van der Waals surface area (Å²) < 4.78 is 5.67. The molecule has 0 saturated heterocycles. The summed E-state index contributed by atoms with van der Waals surface area (Å²) in [5, 5.41) is 16.5. The van der Waals surface area contributed by atoms with E-state index < -0.39 is 5.91 Å². The highest BCUT2D eigenvalue weighted by atomic mass is 16.3. The minimum atomic E-state index is -0.401. The summed E-state index contributed by atoms with van der Waals surface area (Å²) in [4.78, 5) is 11.8. The van der Waals surface area contributed by atoms with Crippen LogP contribution < -0.4 is 5.32 Å². The van der Waals surface area contributed by atoms with Crippen LogP contribution in [0.25, 0.3) is 11.0 Å². The summed E-state index contributed by atoms with van der Waals surface area (Å²) in [5.74, 6) is 0.280. The molecule has 2 aromatic heterocycles. The molecule has 7 nitrogen and oxygen atoms in total. The second-order valence-corrected chi connectivity index (χ2v) is 4.12.